The number of carbonyl (C=O) groups excluding carboxylic acids is 2. The third kappa shape index (κ3) is 4.03. The second-order valence-electron chi connectivity index (χ2n) is 6.55. The molecule has 2 saturated heterocycles. The van der Waals surface area contributed by atoms with Crippen molar-refractivity contribution in [3.05, 3.63) is 27.7 Å². The van der Waals surface area contributed by atoms with Gasteiger partial charge in [-0.1, -0.05) is 27.5 Å². The van der Waals surface area contributed by atoms with E-state index in [1.165, 1.54) is 0 Å². The summed E-state index contributed by atoms with van der Waals surface area (Å²) in [6.07, 6.45) is 2.54. The lowest BCUT2D eigenvalue weighted by Gasteiger charge is -2.21. The molecular formula is C17H20BrClN2O3. The summed E-state index contributed by atoms with van der Waals surface area (Å²) in [5, 5.41) is 3.43. The Morgan fingerprint density at radius 1 is 1.46 bits per heavy atom. The van der Waals surface area contributed by atoms with E-state index >= 15 is 0 Å². The van der Waals surface area contributed by atoms with Gasteiger partial charge in [0, 0.05) is 42.4 Å². The predicted octanol–water partition coefficient (Wildman–Crippen LogP) is 3.00. The molecule has 0 aliphatic carbocycles. The predicted molar refractivity (Wildman–Crippen MR) is 95.1 cm³/mol. The highest BCUT2D eigenvalue weighted by atomic mass is 79.9. The molecule has 130 valence electrons. The van der Waals surface area contributed by atoms with Gasteiger partial charge in [0.25, 0.3) is 0 Å². The Hall–Kier alpha value is -1.27. The number of halogens is 2. The number of likely N-dealkylation sites (tertiary alicyclic amines) is 1. The maximum absolute atomic E-state index is 12.3. The van der Waals surface area contributed by atoms with Gasteiger partial charge in [0.15, 0.2) is 0 Å². The monoisotopic (exact) mass is 414 g/mol. The topological polar surface area (TPSA) is 58.6 Å². The standard InChI is InChI=1S/C17H20BrClN2O3/c18-12-3-4-14(13(19)8-12)24-7-1-2-16(23)21-6-5-17(11-21)9-15(22)20-10-17/h3-4,8H,1-2,5-7,9-11H2,(H,20,22). The summed E-state index contributed by atoms with van der Waals surface area (Å²) in [6, 6.07) is 5.46. The summed E-state index contributed by atoms with van der Waals surface area (Å²) in [5.41, 5.74) is -0.0335. The molecule has 0 saturated carbocycles. The number of carbonyl (C=O) groups is 2. The molecule has 1 N–H and O–H groups in total. The number of rotatable bonds is 5. The van der Waals surface area contributed by atoms with E-state index in [4.69, 9.17) is 16.3 Å². The molecule has 1 aromatic carbocycles. The van der Waals surface area contributed by atoms with Crippen molar-refractivity contribution < 1.29 is 14.3 Å². The highest BCUT2D eigenvalue weighted by Crippen LogP contribution is 2.36. The van der Waals surface area contributed by atoms with E-state index < -0.39 is 0 Å². The zero-order valence-electron chi connectivity index (χ0n) is 13.3. The summed E-state index contributed by atoms with van der Waals surface area (Å²) in [6.45, 7) is 2.57. The number of nitrogens with zero attached hydrogens (tertiary/aromatic N) is 1. The van der Waals surface area contributed by atoms with Crippen molar-refractivity contribution in [2.75, 3.05) is 26.2 Å². The van der Waals surface area contributed by atoms with Crippen LogP contribution in [0.3, 0.4) is 0 Å². The van der Waals surface area contributed by atoms with Crippen molar-refractivity contribution in [2.45, 2.75) is 25.7 Å². The zero-order chi connectivity index (χ0) is 17.2. The minimum Gasteiger partial charge on any atom is -0.492 e. The van der Waals surface area contributed by atoms with Crippen LogP contribution in [0.4, 0.5) is 0 Å². The van der Waals surface area contributed by atoms with Crippen molar-refractivity contribution in [1.29, 1.82) is 0 Å². The van der Waals surface area contributed by atoms with Gasteiger partial charge in [0.05, 0.1) is 11.6 Å². The van der Waals surface area contributed by atoms with Gasteiger partial charge in [-0.15, -0.1) is 0 Å². The van der Waals surface area contributed by atoms with E-state index in [9.17, 15) is 9.59 Å². The number of hydrogen-bond donors (Lipinski definition) is 1. The van der Waals surface area contributed by atoms with E-state index in [1.54, 1.807) is 6.07 Å². The van der Waals surface area contributed by atoms with Crippen molar-refractivity contribution in [2.24, 2.45) is 5.41 Å². The van der Waals surface area contributed by atoms with Crippen LogP contribution >= 0.6 is 27.5 Å². The van der Waals surface area contributed by atoms with Crippen molar-refractivity contribution in [1.82, 2.24) is 10.2 Å². The van der Waals surface area contributed by atoms with E-state index in [0.717, 1.165) is 17.4 Å². The molecule has 1 unspecified atom stereocenters. The third-order valence-electron chi connectivity index (χ3n) is 4.67. The molecule has 0 bridgehead atoms. The summed E-state index contributed by atoms with van der Waals surface area (Å²) >= 11 is 9.44. The fourth-order valence-corrected chi connectivity index (χ4v) is 4.07. The number of ether oxygens (including phenoxy) is 1. The molecule has 7 heteroatoms. The molecule has 2 aliphatic rings. The quantitative estimate of drug-likeness (QED) is 0.752. The summed E-state index contributed by atoms with van der Waals surface area (Å²) in [4.78, 5) is 25.6. The van der Waals surface area contributed by atoms with E-state index in [-0.39, 0.29) is 17.2 Å². The van der Waals surface area contributed by atoms with Crippen molar-refractivity contribution >= 4 is 39.3 Å². The van der Waals surface area contributed by atoms with Crippen LogP contribution in [0.15, 0.2) is 22.7 Å². The van der Waals surface area contributed by atoms with Crippen LogP contribution < -0.4 is 10.1 Å². The molecule has 1 aromatic rings. The molecule has 0 aromatic heterocycles. The second-order valence-corrected chi connectivity index (χ2v) is 7.87. The van der Waals surface area contributed by atoms with Crippen molar-refractivity contribution in [3.63, 3.8) is 0 Å². The molecule has 0 radical (unpaired) electrons. The van der Waals surface area contributed by atoms with E-state index in [2.05, 4.69) is 21.2 Å². The molecule has 3 rings (SSSR count). The summed E-state index contributed by atoms with van der Waals surface area (Å²) in [7, 11) is 0. The van der Waals surface area contributed by atoms with Gasteiger partial charge in [-0.3, -0.25) is 9.59 Å². The maximum atomic E-state index is 12.3. The third-order valence-corrected chi connectivity index (χ3v) is 5.46. The Balaban J connectivity index is 1.41. The number of hydrogen-bond acceptors (Lipinski definition) is 3. The Morgan fingerprint density at radius 3 is 3.00 bits per heavy atom. The van der Waals surface area contributed by atoms with Crippen molar-refractivity contribution in [3.8, 4) is 5.75 Å². The average molecular weight is 416 g/mol. The van der Waals surface area contributed by atoms with Gasteiger partial charge in [0.2, 0.25) is 11.8 Å². The molecular weight excluding hydrogens is 396 g/mol. The van der Waals surface area contributed by atoms with Gasteiger partial charge in [-0.2, -0.15) is 0 Å². The molecule has 2 heterocycles. The minimum absolute atomic E-state index is 0.0335. The lowest BCUT2D eigenvalue weighted by atomic mass is 9.86. The lowest BCUT2D eigenvalue weighted by molar-refractivity contribution is -0.131. The highest BCUT2D eigenvalue weighted by Gasteiger charge is 2.44. The van der Waals surface area contributed by atoms with Crippen LogP contribution in [0.5, 0.6) is 5.75 Å². The first-order chi connectivity index (χ1) is 11.5. The lowest BCUT2D eigenvalue weighted by Crippen LogP contribution is -2.33. The van der Waals surface area contributed by atoms with Gasteiger partial charge < -0.3 is 15.0 Å². The second kappa shape index (κ2) is 7.31. The van der Waals surface area contributed by atoms with E-state index in [1.807, 2.05) is 17.0 Å². The molecule has 5 nitrogen and oxygen atoms in total. The maximum Gasteiger partial charge on any atom is 0.222 e. The fraction of sp³-hybridized carbons (Fsp3) is 0.529. The van der Waals surface area contributed by atoms with Gasteiger partial charge >= 0.3 is 0 Å². The van der Waals surface area contributed by atoms with Crippen LogP contribution in [-0.2, 0) is 9.59 Å². The Morgan fingerprint density at radius 2 is 2.29 bits per heavy atom. The number of amides is 2. The molecule has 2 amide bonds. The van der Waals surface area contributed by atoms with Crippen LogP contribution in [-0.4, -0.2) is 43.0 Å². The Labute approximate surface area is 154 Å². The normalized spacial score (nSPS) is 22.9. The molecule has 24 heavy (non-hydrogen) atoms. The Kier molecular flexibility index (Phi) is 5.35. The smallest absolute Gasteiger partial charge is 0.222 e. The molecule has 1 spiro atoms. The highest BCUT2D eigenvalue weighted by molar-refractivity contribution is 9.10. The van der Waals surface area contributed by atoms with Crippen LogP contribution in [0.2, 0.25) is 5.02 Å². The zero-order valence-corrected chi connectivity index (χ0v) is 15.7. The fourth-order valence-electron chi connectivity index (χ4n) is 3.34. The SMILES string of the molecule is O=C1CC2(CCN(C(=O)CCCOc3ccc(Br)cc3Cl)C2)CN1. The first-order valence-electron chi connectivity index (χ1n) is 8.10. The molecule has 1 atom stereocenters. The summed E-state index contributed by atoms with van der Waals surface area (Å²) in [5.74, 6) is 0.865. The van der Waals surface area contributed by atoms with E-state index in [0.29, 0.717) is 49.7 Å². The summed E-state index contributed by atoms with van der Waals surface area (Å²) < 4.78 is 6.53. The van der Waals surface area contributed by atoms with Crippen LogP contribution in [0.1, 0.15) is 25.7 Å². The van der Waals surface area contributed by atoms with Gasteiger partial charge in [-0.25, -0.2) is 0 Å². The molecule has 2 fully saturated rings. The van der Waals surface area contributed by atoms with Gasteiger partial charge in [0.1, 0.15) is 5.75 Å². The average Bonchev–Trinajstić information content (AvgIpc) is 3.12. The van der Waals surface area contributed by atoms with Gasteiger partial charge in [-0.05, 0) is 31.0 Å². The molecule has 2 aliphatic heterocycles. The Bertz CT molecular complexity index is 655. The minimum atomic E-state index is -0.0335. The van der Waals surface area contributed by atoms with Crippen LogP contribution in [0.25, 0.3) is 0 Å². The first-order valence-corrected chi connectivity index (χ1v) is 9.27. The first kappa shape index (κ1) is 17.5. The largest absolute Gasteiger partial charge is 0.492 e. The number of benzene rings is 1. The van der Waals surface area contributed by atoms with Crippen LogP contribution in [0, 0.1) is 5.41 Å². The number of nitrogens with one attached hydrogen (secondary N) is 1.